The Kier molecular flexibility index (Phi) is 4.27. The molecule has 0 radical (unpaired) electrons. The van der Waals surface area contributed by atoms with E-state index < -0.39 is 23.6 Å². The molecule has 7 heteroatoms. The lowest BCUT2D eigenvalue weighted by atomic mass is 9.74. The Morgan fingerprint density at radius 1 is 1.08 bits per heavy atom. The van der Waals surface area contributed by atoms with E-state index in [1.807, 2.05) is 0 Å². The second-order valence-electron chi connectivity index (χ2n) is 6.60. The summed E-state index contributed by atoms with van der Waals surface area (Å²) in [4.78, 5) is 25.1. The predicted molar refractivity (Wildman–Crippen MR) is 78.9 cm³/mol. The van der Waals surface area contributed by atoms with E-state index in [-0.39, 0.29) is 24.4 Å². The van der Waals surface area contributed by atoms with E-state index in [0.717, 1.165) is 25.0 Å². The fourth-order valence-corrected chi connectivity index (χ4v) is 3.02. The number of halogens is 3. The van der Waals surface area contributed by atoms with Gasteiger partial charge in [-0.1, -0.05) is 12.1 Å². The first-order chi connectivity index (χ1) is 11.3. The van der Waals surface area contributed by atoms with Gasteiger partial charge in [-0.05, 0) is 43.4 Å². The number of carbonyl (C=O) groups is 2. The van der Waals surface area contributed by atoms with E-state index in [0.29, 0.717) is 18.4 Å². The highest BCUT2D eigenvalue weighted by atomic mass is 19.4. The summed E-state index contributed by atoms with van der Waals surface area (Å²) in [5, 5.41) is 8.90. The van der Waals surface area contributed by atoms with Crippen LogP contribution in [0.25, 0.3) is 0 Å². The third-order valence-electron chi connectivity index (χ3n) is 4.74. The number of benzene rings is 1. The molecule has 1 aromatic carbocycles. The number of carboxylic acid groups (broad SMARTS) is 1. The molecule has 3 rings (SSSR count). The Bertz CT molecular complexity index is 631. The summed E-state index contributed by atoms with van der Waals surface area (Å²) in [6.07, 6.45) is -1.89. The predicted octanol–water partition coefficient (Wildman–Crippen LogP) is 3.31. The topological polar surface area (TPSA) is 57.6 Å². The van der Waals surface area contributed by atoms with Crippen LogP contribution in [0.1, 0.15) is 36.8 Å². The van der Waals surface area contributed by atoms with Gasteiger partial charge in [0.05, 0.1) is 11.5 Å². The number of nitrogens with zero attached hydrogens (tertiary/aromatic N) is 1. The van der Waals surface area contributed by atoms with Gasteiger partial charge >= 0.3 is 12.1 Å². The highest BCUT2D eigenvalue weighted by Crippen LogP contribution is 2.38. The minimum atomic E-state index is -4.37. The highest BCUT2D eigenvalue weighted by Gasteiger charge is 2.43. The summed E-state index contributed by atoms with van der Waals surface area (Å²) in [5.74, 6) is -1.68. The molecular weight excluding hydrogens is 323 g/mol. The van der Waals surface area contributed by atoms with Crippen LogP contribution in [-0.2, 0) is 22.3 Å². The number of hydrogen-bond donors (Lipinski definition) is 1. The molecule has 2 aliphatic carbocycles. The van der Waals surface area contributed by atoms with Gasteiger partial charge in [-0.3, -0.25) is 9.59 Å². The summed E-state index contributed by atoms with van der Waals surface area (Å²) in [6.45, 7) is 0.274. The summed E-state index contributed by atoms with van der Waals surface area (Å²) in [7, 11) is 0. The molecular formula is C17H18F3NO3. The maximum Gasteiger partial charge on any atom is 0.416 e. The monoisotopic (exact) mass is 341 g/mol. The molecule has 2 saturated carbocycles. The molecule has 2 aliphatic rings. The highest BCUT2D eigenvalue weighted by molar-refractivity contribution is 5.83. The van der Waals surface area contributed by atoms with Gasteiger partial charge < -0.3 is 10.0 Å². The zero-order valence-corrected chi connectivity index (χ0v) is 12.9. The van der Waals surface area contributed by atoms with E-state index >= 15 is 0 Å². The molecule has 0 unspecified atom stereocenters. The van der Waals surface area contributed by atoms with Crippen LogP contribution in [0.4, 0.5) is 13.2 Å². The maximum atomic E-state index is 12.6. The Labute approximate surface area is 137 Å². The van der Waals surface area contributed by atoms with Gasteiger partial charge in [0.2, 0.25) is 5.91 Å². The van der Waals surface area contributed by atoms with Crippen LogP contribution in [0.3, 0.4) is 0 Å². The first-order valence-electron chi connectivity index (χ1n) is 7.95. The smallest absolute Gasteiger partial charge is 0.416 e. The van der Waals surface area contributed by atoms with E-state index in [2.05, 4.69) is 0 Å². The summed E-state index contributed by atoms with van der Waals surface area (Å²) in [5.41, 5.74) is -0.0591. The zero-order valence-electron chi connectivity index (χ0n) is 12.9. The molecule has 130 valence electrons. The Balaban J connectivity index is 1.65. The summed E-state index contributed by atoms with van der Waals surface area (Å²) < 4.78 is 37.8. The van der Waals surface area contributed by atoms with Gasteiger partial charge in [-0.15, -0.1) is 0 Å². The van der Waals surface area contributed by atoms with Crippen molar-refractivity contribution in [1.82, 2.24) is 4.90 Å². The van der Waals surface area contributed by atoms with Crippen LogP contribution >= 0.6 is 0 Å². The lowest BCUT2D eigenvalue weighted by Crippen LogP contribution is -2.44. The Morgan fingerprint density at radius 2 is 1.67 bits per heavy atom. The van der Waals surface area contributed by atoms with Gasteiger partial charge in [0.25, 0.3) is 0 Å². The standard InChI is InChI=1S/C17H18F3NO3/c18-17(19,20)13-3-1-10(2-4-13)9-21(14-5-6-14)15(22)11-7-12(8-11)16(23)24/h1-4,11-12,14H,5-9H2,(H,23,24). The zero-order chi connectivity index (χ0) is 17.5. The average molecular weight is 341 g/mol. The van der Waals surface area contributed by atoms with Crippen molar-refractivity contribution in [3.8, 4) is 0 Å². The van der Waals surface area contributed by atoms with Crippen LogP contribution in [-0.4, -0.2) is 27.9 Å². The Hall–Kier alpha value is -2.05. The molecule has 0 bridgehead atoms. The van der Waals surface area contributed by atoms with Gasteiger partial charge in [0.1, 0.15) is 0 Å². The molecule has 0 aliphatic heterocycles. The average Bonchev–Trinajstić information content (AvgIpc) is 3.26. The first kappa shape index (κ1) is 16.8. The minimum Gasteiger partial charge on any atom is -0.481 e. The van der Waals surface area contributed by atoms with Crippen molar-refractivity contribution in [2.45, 2.75) is 44.4 Å². The molecule has 24 heavy (non-hydrogen) atoms. The van der Waals surface area contributed by atoms with Gasteiger partial charge in [0.15, 0.2) is 0 Å². The number of hydrogen-bond acceptors (Lipinski definition) is 2. The van der Waals surface area contributed by atoms with Gasteiger partial charge in [-0.25, -0.2) is 0 Å². The number of rotatable bonds is 5. The quantitative estimate of drug-likeness (QED) is 0.894. The SMILES string of the molecule is O=C(O)C1CC(C(=O)N(Cc2ccc(C(F)(F)F)cc2)C2CC2)C1. The van der Waals surface area contributed by atoms with Crippen LogP contribution in [0.15, 0.2) is 24.3 Å². The van der Waals surface area contributed by atoms with Gasteiger partial charge in [-0.2, -0.15) is 13.2 Å². The molecule has 4 nitrogen and oxygen atoms in total. The molecule has 1 amide bonds. The van der Waals surface area contributed by atoms with Crippen molar-refractivity contribution in [3.05, 3.63) is 35.4 Å². The fraction of sp³-hybridized carbons (Fsp3) is 0.529. The van der Waals surface area contributed by atoms with Crippen LogP contribution in [0, 0.1) is 11.8 Å². The Morgan fingerprint density at radius 3 is 2.12 bits per heavy atom. The molecule has 1 aromatic rings. The molecule has 0 spiro atoms. The number of carbonyl (C=O) groups excluding carboxylic acids is 1. The van der Waals surface area contributed by atoms with Crippen LogP contribution in [0.5, 0.6) is 0 Å². The number of carboxylic acids is 1. The van der Waals surface area contributed by atoms with Crippen LogP contribution < -0.4 is 0 Å². The molecule has 0 heterocycles. The lowest BCUT2D eigenvalue weighted by molar-refractivity contribution is -0.152. The minimum absolute atomic E-state index is 0.0742. The van der Waals surface area contributed by atoms with E-state index in [9.17, 15) is 22.8 Å². The van der Waals surface area contributed by atoms with Crippen molar-refractivity contribution in [2.24, 2.45) is 11.8 Å². The second kappa shape index (κ2) is 6.11. The third kappa shape index (κ3) is 3.55. The third-order valence-corrected chi connectivity index (χ3v) is 4.74. The van der Waals surface area contributed by atoms with E-state index in [4.69, 9.17) is 5.11 Å². The fourth-order valence-electron chi connectivity index (χ4n) is 3.02. The van der Waals surface area contributed by atoms with Crippen molar-refractivity contribution in [3.63, 3.8) is 0 Å². The van der Waals surface area contributed by atoms with Crippen LogP contribution in [0.2, 0.25) is 0 Å². The van der Waals surface area contributed by atoms with Crippen molar-refractivity contribution >= 4 is 11.9 Å². The lowest BCUT2D eigenvalue weighted by Gasteiger charge is -2.35. The molecule has 1 N–H and O–H groups in total. The maximum absolute atomic E-state index is 12.6. The van der Waals surface area contributed by atoms with Crippen molar-refractivity contribution in [2.75, 3.05) is 0 Å². The van der Waals surface area contributed by atoms with Crippen molar-refractivity contribution in [1.29, 1.82) is 0 Å². The number of alkyl halides is 3. The second-order valence-corrected chi connectivity index (χ2v) is 6.60. The number of aliphatic carboxylic acids is 1. The molecule has 0 aromatic heterocycles. The largest absolute Gasteiger partial charge is 0.481 e. The van der Waals surface area contributed by atoms with E-state index in [1.54, 1.807) is 4.90 Å². The number of amides is 1. The molecule has 0 atom stereocenters. The van der Waals surface area contributed by atoms with Gasteiger partial charge in [0, 0.05) is 18.5 Å². The normalized spacial score (nSPS) is 23.5. The molecule has 2 fully saturated rings. The molecule has 0 saturated heterocycles. The van der Waals surface area contributed by atoms with Crippen molar-refractivity contribution < 1.29 is 27.9 Å². The summed E-state index contributed by atoms with van der Waals surface area (Å²) >= 11 is 0. The first-order valence-corrected chi connectivity index (χ1v) is 7.95. The summed E-state index contributed by atoms with van der Waals surface area (Å²) in [6, 6.07) is 4.96. The van der Waals surface area contributed by atoms with E-state index in [1.165, 1.54) is 12.1 Å².